The van der Waals surface area contributed by atoms with Crippen LogP contribution in [0.15, 0.2) is 71.1 Å². The van der Waals surface area contributed by atoms with Crippen molar-refractivity contribution in [2.45, 2.75) is 56.6 Å². The number of nitrogens with one attached hydrogen (secondary N) is 1. The molecule has 2 saturated carbocycles. The second kappa shape index (κ2) is 15.0. The van der Waals surface area contributed by atoms with Crippen LogP contribution in [-0.4, -0.2) is 91.1 Å². The van der Waals surface area contributed by atoms with Gasteiger partial charge in [-0.1, -0.05) is 59.6 Å². The molecule has 2 aromatic carbocycles. The third kappa shape index (κ3) is 7.29. The van der Waals surface area contributed by atoms with Crippen LogP contribution in [0.3, 0.4) is 0 Å². The van der Waals surface area contributed by atoms with Gasteiger partial charge in [-0.15, -0.1) is 0 Å². The summed E-state index contributed by atoms with van der Waals surface area (Å²) in [6.45, 7) is 2.51. The Balaban J connectivity index is 1.31. The van der Waals surface area contributed by atoms with Crippen LogP contribution < -0.4 is 5.32 Å². The molecule has 2 heterocycles. The SMILES string of the molecule is COC(=O)C1=C(CC(=O)c2ccccc2)NC(CC(=O)N2CCN(C3CC4CC(O)CC4C3)CC2)=C(C(=O)OC)C1c1c(Cl)cccc1Cl. The van der Waals surface area contributed by atoms with Gasteiger partial charge in [-0.3, -0.25) is 14.5 Å². The van der Waals surface area contributed by atoms with Crippen LogP contribution in [-0.2, 0) is 23.9 Å². The maximum Gasteiger partial charge on any atom is 0.336 e. The van der Waals surface area contributed by atoms with Crippen LogP contribution in [0.25, 0.3) is 0 Å². The van der Waals surface area contributed by atoms with Gasteiger partial charge in [0, 0.05) is 64.8 Å². The average molecular weight is 711 g/mol. The first-order valence-corrected chi connectivity index (χ1v) is 17.5. The number of aliphatic hydroxyl groups excluding tert-OH is 1. The summed E-state index contributed by atoms with van der Waals surface area (Å²) in [5.74, 6) is -2.12. The molecule has 49 heavy (non-hydrogen) atoms. The minimum absolute atomic E-state index is 0.0134. The number of hydrogen-bond acceptors (Lipinski definition) is 9. The minimum Gasteiger partial charge on any atom is -0.466 e. The van der Waals surface area contributed by atoms with Crippen molar-refractivity contribution in [2.75, 3.05) is 40.4 Å². The Morgan fingerprint density at radius 3 is 1.88 bits per heavy atom. The van der Waals surface area contributed by atoms with Crippen LogP contribution in [0.5, 0.6) is 0 Å². The average Bonchev–Trinajstić information content (AvgIpc) is 3.65. The molecule has 6 rings (SSSR count). The first-order chi connectivity index (χ1) is 23.6. The zero-order chi connectivity index (χ0) is 34.8. The highest BCUT2D eigenvalue weighted by Gasteiger charge is 2.45. The number of Topliss-reactive ketones (excluding diaryl/α,β-unsaturated/α-hetero) is 1. The fraction of sp³-hybridized carbons (Fsp3) is 0.459. The minimum atomic E-state index is -1.19. The summed E-state index contributed by atoms with van der Waals surface area (Å²) < 4.78 is 10.4. The summed E-state index contributed by atoms with van der Waals surface area (Å²) >= 11 is 13.4. The number of piperazine rings is 1. The van der Waals surface area contributed by atoms with Crippen LogP contribution in [0, 0.1) is 11.8 Å². The number of aliphatic hydroxyl groups is 1. The number of rotatable bonds is 9. The fourth-order valence-corrected chi connectivity index (χ4v) is 8.82. The molecule has 2 aromatic rings. The third-order valence-electron chi connectivity index (χ3n) is 10.5. The number of carbonyl (C=O) groups excluding carboxylic acids is 4. The van der Waals surface area contributed by atoms with E-state index >= 15 is 0 Å². The molecule has 12 heteroatoms. The molecular formula is C37H41Cl2N3O7. The van der Waals surface area contributed by atoms with Crippen molar-refractivity contribution in [2.24, 2.45) is 11.8 Å². The number of esters is 2. The molecule has 0 spiro atoms. The molecular weight excluding hydrogens is 669 g/mol. The number of dihydropyridines is 1. The van der Waals surface area contributed by atoms with Crippen molar-refractivity contribution in [3.63, 3.8) is 0 Å². The third-order valence-corrected chi connectivity index (χ3v) is 11.2. The van der Waals surface area contributed by atoms with Gasteiger partial charge in [-0.25, -0.2) is 9.59 Å². The van der Waals surface area contributed by atoms with E-state index in [1.54, 1.807) is 53.4 Å². The van der Waals surface area contributed by atoms with E-state index in [0.717, 1.165) is 38.8 Å². The van der Waals surface area contributed by atoms with Gasteiger partial charge >= 0.3 is 11.9 Å². The number of halogens is 2. The van der Waals surface area contributed by atoms with Crippen molar-refractivity contribution in [1.82, 2.24) is 15.1 Å². The van der Waals surface area contributed by atoms with Gasteiger partial charge in [0.2, 0.25) is 5.91 Å². The Morgan fingerprint density at radius 2 is 1.33 bits per heavy atom. The number of carbonyl (C=O) groups is 4. The number of ether oxygens (including phenoxy) is 2. The van der Waals surface area contributed by atoms with Crippen molar-refractivity contribution in [3.05, 3.63) is 92.2 Å². The van der Waals surface area contributed by atoms with Crippen molar-refractivity contribution >= 4 is 46.8 Å². The number of fused-ring (bicyclic) bond motifs is 1. The van der Waals surface area contributed by atoms with Gasteiger partial charge in [0.1, 0.15) is 0 Å². The fourth-order valence-electron chi connectivity index (χ4n) is 8.20. The Labute approximate surface area is 296 Å². The lowest BCUT2D eigenvalue weighted by Crippen LogP contribution is -2.52. The van der Waals surface area contributed by atoms with Gasteiger partial charge in [0.05, 0.1) is 50.2 Å². The van der Waals surface area contributed by atoms with Crippen LogP contribution in [0.4, 0.5) is 0 Å². The molecule has 1 saturated heterocycles. The van der Waals surface area contributed by atoms with Crippen LogP contribution in [0.2, 0.25) is 10.0 Å². The molecule has 2 aliphatic heterocycles. The Kier molecular flexibility index (Phi) is 10.8. The number of methoxy groups -OCH3 is 2. The number of ketones is 1. The largest absolute Gasteiger partial charge is 0.466 e. The maximum absolute atomic E-state index is 14.0. The molecule has 3 atom stereocenters. The highest BCUT2D eigenvalue weighted by Crippen LogP contribution is 2.47. The number of amides is 1. The maximum atomic E-state index is 14.0. The van der Waals surface area contributed by atoms with Gasteiger partial charge in [-0.05, 0) is 49.7 Å². The van der Waals surface area contributed by atoms with Gasteiger partial charge in [0.25, 0.3) is 0 Å². The van der Waals surface area contributed by atoms with E-state index in [1.807, 2.05) is 0 Å². The van der Waals surface area contributed by atoms with E-state index in [2.05, 4.69) is 10.2 Å². The first-order valence-electron chi connectivity index (χ1n) is 16.7. The molecule has 2 N–H and O–H groups in total. The Morgan fingerprint density at radius 1 is 0.776 bits per heavy atom. The molecule has 2 aliphatic carbocycles. The summed E-state index contributed by atoms with van der Waals surface area (Å²) in [5, 5.41) is 13.6. The molecule has 260 valence electrons. The summed E-state index contributed by atoms with van der Waals surface area (Å²) in [6, 6.07) is 13.9. The molecule has 0 radical (unpaired) electrons. The summed E-state index contributed by atoms with van der Waals surface area (Å²) in [6.07, 6.45) is 3.29. The van der Waals surface area contributed by atoms with E-state index in [9.17, 15) is 24.3 Å². The van der Waals surface area contributed by atoms with Gasteiger partial charge < -0.3 is 24.8 Å². The lowest BCUT2D eigenvalue weighted by atomic mass is 9.78. The van der Waals surface area contributed by atoms with Gasteiger partial charge in [-0.2, -0.15) is 0 Å². The Bertz CT molecular complexity index is 1650. The lowest BCUT2D eigenvalue weighted by molar-refractivity contribution is -0.137. The Hall–Kier alpha value is -3.70. The van der Waals surface area contributed by atoms with E-state index in [-0.39, 0.29) is 68.8 Å². The number of nitrogens with zero attached hydrogens (tertiary/aromatic N) is 2. The quantitative estimate of drug-likeness (QED) is 0.277. The standard InChI is InChI=1S/C37H41Cl2N3O7/c1-48-36(46)33-28(19-30(44)21-7-4-3-5-8-21)40-29(34(37(47)49-2)35(33)32-26(38)9-6-10-27(32)39)20-31(45)42-13-11-41(12-14-42)24-15-22-17-25(43)18-23(22)16-24/h3-10,22-25,35,40,43H,11-20H2,1-2H3. The van der Waals surface area contributed by atoms with Crippen molar-refractivity contribution in [3.8, 4) is 0 Å². The topological polar surface area (TPSA) is 125 Å². The monoisotopic (exact) mass is 709 g/mol. The van der Waals surface area contributed by atoms with E-state index in [0.29, 0.717) is 36.5 Å². The van der Waals surface area contributed by atoms with Crippen molar-refractivity contribution < 1.29 is 33.8 Å². The van der Waals surface area contributed by atoms with E-state index in [4.69, 9.17) is 32.7 Å². The first kappa shape index (κ1) is 35.1. The smallest absolute Gasteiger partial charge is 0.336 e. The van der Waals surface area contributed by atoms with E-state index < -0.39 is 17.9 Å². The van der Waals surface area contributed by atoms with E-state index in [1.165, 1.54) is 14.2 Å². The highest BCUT2D eigenvalue weighted by molar-refractivity contribution is 6.36. The predicted molar refractivity (Wildman–Crippen MR) is 184 cm³/mol. The zero-order valence-corrected chi connectivity index (χ0v) is 29.1. The van der Waals surface area contributed by atoms with Gasteiger partial charge in [0.15, 0.2) is 5.78 Å². The molecule has 0 bridgehead atoms. The molecule has 3 unspecified atom stereocenters. The molecule has 4 aliphatic rings. The second-order valence-corrected chi connectivity index (χ2v) is 14.1. The highest BCUT2D eigenvalue weighted by atomic mass is 35.5. The molecule has 0 aromatic heterocycles. The second-order valence-electron chi connectivity index (χ2n) is 13.3. The summed E-state index contributed by atoms with van der Waals surface area (Å²) in [4.78, 5) is 59.0. The number of allylic oxidation sites excluding steroid dienone is 1. The zero-order valence-electron chi connectivity index (χ0n) is 27.6. The molecule has 1 amide bonds. The predicted octanol–water partition coefficient (Wildman–Crippen LogP) is 4.89. The summed E-state index contributed by atoms with van der Waals surface area (Å²) in [7, 11) is 2.42. The normalized spacial score (nSPS) is 25.6. The van der Waals surface area contributed by atoms with Crippen molar-refractivity contribution in [1.29, 1.82) is 0 Å². The lowest BCUT2D eigenvalue weighted by Gasteiger charge is -2.39. The van der Waals surface area contributed by atoms with Crippen LogP contribution >= 0.6 is 23.2 Å². The number of benzene rings is 2. The number of hydrogen-bond donors (Lipinski definition) is 2. The summed E-state index contributed by atoms with van der Waals surface area (Å²) in [5.41, 5.74) is 1.02. The molecule has 10 nitrogen and oxygen atoms in total. The molecule has 3 fully saturated rings. The van der Waals surface area contributed by atoms with Crippen LogP contribution in [0.1, 0.15) is 60.4 Å².